The second-order valence-electron chi connectivity index (χ2n) is 3.85. The van der Waals surface area contributed by atoms with Crippen molar-refractivity contribution in [3.63, 3.8) is 0 Å². The standard InChI is InChI=1S/C12H19N3O3S.ClH/c1-3-14-8-9-15-19(17,18)11-6-4-10(5-7-11)12(16)13-2;/h4-7,14-15H,3,8-9H2,1-2H3,(H,13,16);1H. The zero-order chi connectivity index (χ0) is 14.3. The molecule has 114 valence electrons. The number of likely N-dealkylation sites (N-methyl/N-ethyl adjacent to an activating group) is 1. The summed E-state index contributed by atoms with van der Waals surface area (Å²) in [5.41, 5.74) is 0.425. The van der Waals surface area contributed by atoms with Crippen LogP contribution in [0, 0.1) is 0 Å². The second-order valence-corrected chi connectivity index (χ2v) is 5.62. The fourth-order valence-electron chi connectivity index (χ4n) is 1.46. The van der Waals surface area contributed by atoms with E-state index in [1.54, 1.807) is 0 Å². The average molecular weight is 322 g/mol. The number of hydrogen-bond donors (Lipinski definition) is 3. The number of hydrogen-bond acceptors (Lipinski definition) is 4. The van der Waals surface area contributed by atoms with Crippen LogP contribution in [0.3, 0.4) is 0 Å². The summed E-state index contributed by atoms with van der Waals surface area (Å²) < 4.78 is 26.3. The van der Waals surface area contributed by atoms with Gasteiger partial charge in [-0.25, -0.2) is 13.1 Å². The quantitative estimate of drug-likeness (QED) is 0.633. The number of carbonyl (C=O) groups excluding carboxylic acids is 1. The summed E-state index contributed by atoms with van der Waals surface area (Å²) >= 11 is 0. The summed E-state index contributed by atoms with van der Waals surface area (Å²) in [6.07, 6.45) is 0. The highest BCUT2D eigenvalue weighted by Crippen LogP contribution is 2.10. The van der Waals surface area contributed by atoms with Crippen LogP contribution in [-0.4, -0.2) is 41.0 Å². The molecule has 0 saturated heterocycles. The van der Waals surface area contributed by atoms with Crippen LogP contribution in [0.15, 0.2) is 29.2 Å². The third-order valence-electron chi connectivity index (χ3n) is 2.50. The lowest BCUT2D eigenvalue weighted by Gasteiger charge is -2.07. The maximum absolute atomic E-state index is 11.9. The molecule has 20 heavy (non-hydrogen) atoms. The van der Waals surface area contributed by atoms with Crippen molar-refractivity contribution in [1.82, 2.24) is 15.4 Å². The van der Waals surface area contributed by atoms with Gasteiger partial charge in [-0.15, -0.1) is 12.4 Å². The van der Waals surface area contributed by atoms with E-state index in [0.29, 0.717) is 18.7 Å². The summed E-state index contributed by atoms with van der Waals surface area (Å²) in [5.74, 6) is -0.246. The van der Waals surface area contributed by atoms with Crippen molar-refractivity contribution in [2.24, 2.45) is 0 Å². The number of carbonyl (C=O) groups is 1. The molecule has 0 unspecified atom stereocenters. The fraction of sp³-hybridized carbons (Fsp3) is 0.417. The van der Waals surface area contributed by atoms with E-state index in [-0.39, 0.29) is 23.2 Å². The van der Waals surface area contributed by atoms with Gasteiger partial charge in [-0.05, 0) is 30.8 Å². The van der Waals surface area contributed by atoms with Crippen molar-refractivity contribution < 1.29 is 13.2 Å². The zero-order valence-electron chi connectivity index (χ0n) is 11.5. The molecule has 0 radical (unpaired) electrons. The molecule has 0 aromatic heterocycles. The van der Waals surface area contributed by atoms with Crippen molar-refractivity contribution in [1.29, 1.82) is 0 Å². The molecule has 0 atom stereocenters. The zero-order valence-corrected chi connectivity index (χ0v) is 13.1. The van der Waals surface area contributed by atoms with Gasteiger partial charge in [-0.1, -0.05) is 6.92 Å². The largest absolute Gasteiger partial charge is 0.355 e. The molecule has 8 heteroatoms. The monoisotopic (exact) mass is 321 g/mol. The molecule has 0 spiro atoms. The molecule has 0 aliphatic carbocycles. The first-order valence-electron chi connectivity index (χ1n) is 6.03. The number of sulfonamides is 1. The minimum Gasteiger partial charge on any atom is -0.355 e. The third-order valence-corrected chi connectivity index (χ3v) is 3.97. The molecule has 1 rings (SSSR count). The Bertz CT molecular complexity index is 517. The summed E-state index contributed by atoms with van der Waals surface area (Å²) in [6.45, 7) is 3.65. The Kier molecular flexibility index (Phi) is 8.40. The summed E-state index contributed by atoms with van der Waals surface area (Å²) in [6, 6.07) is 5.80. The van der Waals surface area contributed by atoms with Crippen LogP contribution in [0.1, 0.15) is 17.3 Å². The van der Waals surface area contributed by atoms with E-state index >= 15 is 0 Å². The maximum Gasteiger partial charge on any atom is 0.251 e. The highest BCUT2D eigenvalue weighted by atomic mass is 35.5. The summed E-state index contributed by atoms with van der Waals surface area (Å²) in [7, 11) is -1.99. The Labute approximate surface area is 125 Å². The number of nitrogens with one attached hydrogen (secondary N) is 3. The Morgan fingerprint density at radius 3 is 2.25 bits per heavy atom. The van der Waals surface area contributed by atoms with Gasteiger partial charge in [0, 0.05) is 25.7 Å². The van der Waals surface area contributed by atoms with E-state index in [4.69, 9.17) is 0 Å². The van der Waals surface area contributed by atoms with E-state index in [9.17, 15) is 13.2 Å². The van der Waals surface area contributed by atoms with Gasteiger partial charge in [0.2, 0.25) is 10.0 Å². The van der Waals surface area contributed by atoms with Crippen LogP contribution in [0.25, 0.3) is 0 Å². The first kappa shape index (κ1) is 18.9. The fourth-order valence-corrected chi connectivity index (χ4v) is 2.50. The van der Waals surface area contributed by atoms with Gasteiger partial charge in [0.25, 0.3) is 5.91 Å². The van der Waals surface area contributed by atoms with Crippen LogP contribution in [-0.2, 0) is 10.0 Å². The van der Waals surface area contributed by atoms with Crippen molar-refractivity contribution >= 4 is 28.3 Å². The average Bonchev–Trinajstić information content (AvgIpc) is 2.43. The minimum absolute atomic E-state index is 0. The van der Waals surface area contributed by atoms with Crippen molar-refractivity contribution in [3.05, 3.63) is 29.8 Å². The van der Waals surface area contributed by atoms with E-state index in [2.05, 4.69) is 15.4 Å². The van der Waals surface area contributed by atoms with Crippen LogP contribution >= 0.6 is 12.4 Å². The molecule has 0 bridgehead atoms. The summed E-state index contributed by atoms with van der Waals surface area (Å²) in [4.78, 5) is 11.5. The predicted molar refractivity (Wildman–Crippen MR) is 80.8 cm³/mol. The van der Waals surface area contributed by atoms with Crippen molar-refractivity contribution in [2.45, 2.75) is 11.8 Å². The Morgan fingerprint density at radius 2 is 1.75 bits per heavy atom. The first-order chi connectivity index (χ1) is 9.01. The van der Waals surface area contributed by atoms with Gasteiger partial charge in [0.05, 0.1) is 4.90 Å². The lowest BCUT2D eigenvalue weighted by Crippen LogP contribution is -2.31. The van der Waals surface area contributed by atoms with Gasteiger partial charge in [0.15, 0.2) is 0 Å². The molecule has 0 fully saturated rings. The topological polar surface area (TPSA) is 87.3 Å². The van der Waals surface area contributed by atoms with E-state index in [0.717, 1.165) is 6.54 Å². The predicted octanol–water partition coefficient (Wildman–Crippen LogP) is 0.356. The maximum atomic E-state index is 11.9. The highest BCUT2D eigenvalue weighted by molar-refractivity contribution is 7.89. The molecule has 1 aromatic carbocycles. The Balaban J connectivity index is 0.00000361. The molecular formula is C12H20ClN3O3S. The van der Waals surface area contributed by atoms with Crippen LogP contribution in [0.2, 0.25) is 0 Å². The van der Waals surface area contributed by atoms with Gasteiger partial charge < -0.3 is 10.6 Å². The Morgan fingerprint density at radius 1 is 1.15 bits per heavy atom. The normalized spacial score (nSPS) is 10.7. The molecule has 0 saturated carbocycles. The van der Waals surface area contributed by atoms with Gasteiger partial charge in [-0.2, -0.15) is 0 Å². The first-order valence-corrected chi connectivity index (χ1v) is 7.52. The lowest BCUT2D eigenvalue weighted by atomic mass is 10.2. The molecule has 1 aromatic rings. The second kappa shape index (κ2) is 8.91. The molecule has 3 N–H and O–H groups in total. The van der Waals surface area contributed by atoms with Crippen LogP contribution in [0.4, 0.5) is 0 Å². The van der Waals surface area contributed by atoms with E-state index in [1.807, 2.05) is 6.92 Å². The SMILES string of the molecule is CCNCCNS(=O)(=O)c1ccc(C(=O)NC)cc1.Cl. The number of amides is 1. The number of halogens is 1. The molecule has 0 aliphatic heterocycles. The van der Waals surface area contributed by atoms with Crippen molar-refractivity contribution in [2.75, 3.05) is 26.7 Å². The highest BCUT2D eigenvalue weighted by Gasteiger charge is 2.13. The molecule has 0 aliphatic rings. The Hall–Kier alpha value is -1.15. The van der Waals surface area contributed by atoms with E-state index in [1.165, 1.54) is 31.3 Å². The van der Waals surface area contributed by atoms with E-state index < -0.39 is 10.0 Å². The van der Waals surface area contributed by atoms with Crippen LogP contribution < -0.4 is 15.4 Å². The molecular weight excluding hydrogens is 302 g/mol. The van der Waals surface area contributed by atoms with Crippen LogP contribution in [0.5, 0.6) is 0 Å². The van der Waals surface area contributed by atoms with Gasteiger partial charge >= 0.3 is 0 Å². The van der Waals surface area contributed by atoms with Crippen molar-refractivity contribution in [3.8, 4) is 0 Å². The molecule has 0 heterocycles. The number of benzene rings is 1. The third kappa shape index (κ3) is 5.46. The van der Waals surface area contributed by atoms with Gasteiger partial charge in [-0.3, -0.25) is 4.79 Å². The van der Waals surface area contributed by atoms with Gasteiger partial charge in [0.1, 0.15) is 0 Å². The minimum atomic E-state index is -3.51. The number of rotatable bonds is 7. The smallest absolute Gasteiger partial charge is 0.251 e. The summed E-state index contributed by atoms with van der Waals surface area (Å²) in [5, 5.41) is 5.50. The molecule has 6 nitrogen and oxygen atoms in total. The lowest BCUT2D eigenvalue weighted by molar-refractivity contribution is 0.0963. The molecule has 1 amide bonds.